The third kappa shape index (κ3) is 3.92. The van der Waals surface area contributed by atoms with Crippen LogP contribution in [0.5, 0.6) is 5.75 Å². The van der Waals surface area contributed by atoms with Crippen LogP contribution in [0.25, 0.3) is 11.5 Å². The number of rotatable bonds is 5. The second-order valence-corrected chi connectivity index (χ2v) is 7.24. The molecule has 3 aromatic rings. The van der Waals surface area contributed by atoms with Crippen LogP contribution in [0.15, 0.2) is 30.5 Å². The lowest BCUT2D eigenvalue weighted by Gasteiger charge is -2.16. The Morgan fingerprint density at radius 3 is 2.76 bits per heavy atom. The van der Waals surface area contributed by atoms with Gasteiger partial charge in [-0.2, -0.15) is 9.36 Å². The molecule has 29 heavy (non-hydrogen) atoms. The van der Waals surface area contributed by atoms with Crippen molar-refractivity contribution in [1.29, 1.82) is 0 Å². The molecule has 0 unspecified atom stereocenters. The van der Waals surface area contributed by atoms with Crippen LogP contribution in [0.4, 0.5) is 15.2 Å². The third-order valence-corrected chi connectivity index (χ3v) is 5.21. The summed E-state index contributed by atoms with van der Waals surface area (Å²) in [5.74, 6) is -2.16. The van der Waals surface area contributed by atoms with E-state index < -0.39 is 17.5 Å². The van der Waals surface area contributed by atoms with Gasteiger partial charge in [0.1, 0.15) is 5.69 Å². The molecule has 0 radical (unpaired) electrons. The molecule has 1 fully saturated rings. The molecule has 10 heteroatoms. The molecule has 1 aliphatic rings. The number of hydrogen-bond donors (Lipinski definition) is 2. The van der Waals surface area contributed by atoms with Gasteiger partial charge in [0.25, 0.3) is 5.91 Å². The summed E-state index contributed by atoms with van der Waals surface area (Å²) in [5.41, 5.74) is 1.20. The average molecular weight is 413 g/mol. The van der Waals surface area contributed by atoms with Crippen LogP contribution in [0.2, 0.25) is 0 Å². The Bertz CT molecular complexity index is 1060. The standard InChI is InChI=1S/C19H16FN5O3S/c20-14-8-11(7-12(10-26)16(14)27)18(28)23-19-22-17(24-29-19)15-4-3-13(9-21-15)25-5-1-2-6-25/h3-4,7-10,27H,1-2,5-6H2,(H,22,23,24,28). The minimum absolute atomic E-state index is 0.118. The van der Waals surface area contributed by atoms with E-state index in [0.29, 0.717) is 11.5 Å². The fourth-order valence-corrected chi connectivity index (χ4v) is 3.64. The predicted molar refractivity (Wildman–Crippen MR) is 106 cm³/mol. The van der Waals surface area contributed by atoms with Crippen molar-refractivity contribution in [2.24, 2.45) is 0 Å². The highest BCUT2D eigenvalue weighted by molar-refractivity contribution is 7.10. The van der Waals surface area contributed by atoms with E-state index in [1.807, 2.05) is 12.1 Å². The molecule has 1 aromatic carbocycles. The largest absolute Gasteiger partial charge is 0.504 e. The number of aromatic hydroxyl groups is 1. The van der Waals surface area contributed by atoms with Gasteiger partial charge in [-0.15, -0.1) is 0 Å². The highest BCUT2D eigenvalue weighted by Gasteiger charge is 2.17. The zero-order valence-corrected chi connectivity index (χ0v) is 15.9. The van der Waals surface area contributed by atoms with Crippen LogP contribution in [0.1, 0.15) is 33.6 Å². The van der Waals surface area contributed by atoms with Crippen molar-refractivity contribution >= 4 is 34.5 Å². The number of aldehydes is 1. The van der Waals surface area contributed by atoms with Crippen molar-refractivity contribution in [1.82, 2.24) is 14.3 Å². The van der Waals surface area contributed by atoms with Gasteiger partial charge < -0.3 is 10.0 Å². The maximum atomic E-state index is 13.7. The number of carbonyl (C=O) groups is 2. The van der Waals surface area contributed by atoms with Gasteiger partial charge >= 0.3 is 0 Å². The van der Waals surface area contributed by atoms with Gasteiger partial charge in [-0.25, -0.2) is 4.39 Å². The number of halogens is 1. The van der Waals surface area contributed by atoms with Crippen LogP contribution in [0, 0.1) is 5.82 Å². The molecule has 0 saturated carbocycles. The molecule has 0 bridgehead atoms. The van der Waals surface area contributed by atoms with Crippen LogP contribution in [0.3, 0.4) is 0 Å². The molecular formula is C19H16FN5O3S. The Kier molecular flexibility index (Phi) is 5.17. The average Bonchev–Trinajstić information content (AvgIpc) is 3.42. The molecular weight excluding hydrogens is 397 g/mol. The fraction of sp³-hybridized carbons (Fsp3) is 0.211. The van der Waals surface area contributed by atoms with Gasteiger partial charge in [-0.1, -0.05) is 0 Å². The summed E-state index contributed by atoms with van der Waals surface area (Å²) < 4.78 is 17.9. The number of nitrogens with one attached hydrogen (secondary N) is 1. The van der Waals surface area contributed by atoms with Crippen molar-refractivity contribution in [2.75, 3.05) is 23.3 Å². The highest BCUT2D eigenvalue weighted by Crippen LogP contribution is 2.25. The van der Waals surface area contributed by atoms with Gasteiger partial charge in [0.2, 0.25) is 5.13 Å². The number of hydrogen-bond acceptors (Lipinski definition) is 8. The molecule has 0 atom stereocenters. The SMILES string of the molecule is O=Cc1cc(C(=O)Nc2nc(-c3ccc(N4CCCC4)cn3)ns2)cc(F)c1O. The fourth-order valence-electron chi connectivity index (χ4n) is 3.07. The number of phenolic OH excluding ortho intramolecular Hbond substituents is 1. The minimum atomic E-state index is -1.06. The van der Waals surface area contributed by atoms with Crippen molar-refractivity contribution in [3.8, 4) is 17.3 Å². The van der Waals surface area contributed by atoms with Crippen molar-refractivity contribution in [2.45, 2.75) is 12.8 Å². The van der Waals surface area contributed by atoms with E-state index in [2.05, 4.69) is 24.6 Å². The molecule has 2 aromatic heterocycles. The molecule has 2 N–H and O–H groups in total. The maximum absolute atomic E-state index is 13.7. The number of phenols is 1. The van der Waals surface area contributed by atoms with Gasteiger partial charge in [0.15, 0.2) is 23.7 Å². The van der Waals surface area contributed by atoms with Crippen LogP contribution in [-0.2, 0) is 0 Å². The first kappa shape index (κ1) is 18.9. The molecule has 8 nitrogen and oxygen atoms in total. The molecule has 0 spiro atoms. The lowest BCUT2D eigenvalue weighted by atomic mass is 10.1. The highest BCUT2D eigenvalue weighted by atomic mass is 32.1. The summed E-state index contributed by atoms with van der Waals surface area (Å²) >= 11 is 0.958. The van der Waals surface area contributed by atoms with E-state index >= 15 is 0 Å². The summed E-state index contributed by atoms with van der Waals surface area (Å²) in [6, 6.07) is 5.74. The Morgan fingerprint density at radius 2 is 2.07 bits per heavy atom. The number of nitrogens with zero attached hydrogens (tertiary/aromatic N) is 4. The van der Waals surface area contributed by atoms with Gasteiger partial charge in [-0.3, -0.25) is 19.9 Å². The molecule has 0 aliphatic carbocycles. The van der Waals surface area contributed by atoms with Crippen molar-refractivity contribution < 1.29 is 19.1 Å². The summed E-state index contributed by atoms with van der Waals surface area (Å²) in [4.78, 5) is 34.1. The molecule has 4 rings (SSSR count). The van der Waals surface area contributed by atoms with Crippen LogP contribution >= 0.6 is 11.5 Å². The second-order valence-electron chi connectivity index (χ2n) is 6.49. The Balaban J connectivity index is 1.48. The first-order valence-electron chi connectivity index (χ1n) is 8.89. The Labute approximate surface area is 169 Å². The molecule has 1 saturated heterocycles. The topological polar surface area (TPSA) is 108 Å². The van der Waals surface area contributed by atoms with Crippen molar-refractivity contribution in [3.63, 3.8) is 0 Å². The molecule has 1 amide bonds. The van der Waals surface area contributed by atoms with E-state index in [9.17, 15) is 19.1 Å². The van der Waals surface area contributed by atoms with E-state index in [-0.39, 0.29) is 22.5 Å². The number of benzene rings is 1. The van der Waals surface area contributed by atoms with E-state index in [4.69, 9.17) is 0 Å². The number of carbonyl (C=O) groups excluding carboxylic acids is 2. The van der Waals surface area contributed by atoms with E-state index in [1.165, 1.54) is 12.8 Å². The monoisotopic (exact) mass is 413 g/mol. The van der Waals surface area contributed by atoms with Crippen molar-refractivity contribution in [3.05, 3.63) is 47.4 Å². The lowest BCUT2D eigenvalue weighted by Crippen LogP contribution is -2.17. The molecule has 3 heterocycles. The van der Waals surface area contributed by atoms with E-state index in [0.717, 1.165) is 42.4 Å². The summed E-state index contributed by atoms with van der Waals surface area (Å²) in [6.07, 6.45) is 4.41. The smallest absolute Gasteiger partial charge is 0.257 e. The van der Waals surface area contributed by atoms with Crippen LogP contribution in [-0.4, -0.2) is 44.7 Å². The minimum Gasteiger partial charge on any atom is -0.504 e. The Hall–Kier alpha value is -3.40. The van der Waals surface area contributed by atoms with Crippen LogP contribution < -0.4 is 10.2 Å². The molecule has 148 valence electrons. The number of anilines is 2. The first-order chi connectivity index (χ1) is 14.0. The first-order valence-corrected chi connectivity index (χ1v) is 9.66. The lowest BCUT2D eigenvalue weighted by molar-refractivity contribution is 0.102. The zero-order chi connectivity index (χ0) is 20.4. The third-order valence-electron chi connectivity index (χ3n) is 4.58. The number of pyridine rings is 1. The van der Waals surface area contributed by atoms with Gasteiger partial charge in [0.05, 0.1) is 17.4 Å². The summed E-state index contributed by atoms with van der Waals surface area (Å²) in [5, 5.41) is 12.2. The predicted octanol–water partition coefficient (Wildman–Crippen LogP) is 3.11. The summed E-state index contributed by atoms with van der Waals surface area (Å²) in [6.45, 7) is 2.05. The normalized spacial score (nSPS) is 13.5. The summed E-state index contributed by atoms with van der Waals surface area (Å²) in [7, 11) is 0. The van der Waals surface area contributed by atoms with Gasteiger partial charge in [0, 0.05) is 30.2 Å². The number of amides is 1. The maximum Gasteiger partial charge on any atom is 0.257 e. The van der Waals surface area contributed by atoms with Gasteiger partial charge in [-0.05, 0) is 37.1 Å². The second kappa shape index (κ2) is 7.92. The zero-order valence-electron chi connectivity index (χ0n) is 15.1. The number of aromatic nitrogens is 3. The quantitative estimate of drug-likeness (QED) is 0.619. The molecule has 1 aliphatic heterocycles. The van der Waals surface area contributed by atoms with E-state index in [1.54, 1.807) is 6.20 Å². The Morgan fingerprint density at radius 1 is 1.28 bits per heavy atom.